The van der Waals surface area contributed by atoms with Gasteiger partial charge < -0.3 is 10.1 Å². The molecule has 0 radical (unpaired) electrons. The highest BCUT2D eigenvalue weighted by Crippen LogP contribution is 2.22. The van der Waals surface area contributed by atoms with Crippen LogP contribution in [-0.4, -0.2) is 25.0 Å². The summed E-state index contributed by atoms with van der Waals surface area (Å²) in [5.74, 6) is 0. The number of hydrogen-bond acceptors (Lipinski definition) is 6. The molecule has 0 fully saturated rings. The van der Waals surface area contributed by atoms with Crippen LogP contribution in [0.25, 0.3) is 0 Å². The number of rotatable bonds is 7. The number of hydrogen-bond donors (Lipinski definition) is 2. The van der Waals surface area contributed by atoms with Crippen LogP contribution in [-0.2, 0) is 27.8 Å². The number of amides is 1. The van der Waals surface area contributed by atoms with E-state index >= 15 is 0 Å². The van der Waals surface area contributed by atoms with Crippen molar-refractivity contribution in [2.45, 2.75) is 44.4 Å². The maximum Gasteiger partial charge on any atom is 0.407 e. The first-order valence-corrected chi connectivity index (χ1v) is 10.2. The van der Waals surface area contributed by atoms with Crippen LogP contribution in [0, 0.1) is 10.1 Å². The Morgan fingerprint density at radius 3 is 2.14 bits per heavy atom. The lowest BCUT2D eigenvalue weighted by molar-refractivity contribution is -0.387. The highest BCUT2D eigenvalue weighted by Gasteiger charge is 2.24. The number of nitro groups is 1. The van der Waals surface area contributed by atoms with Gasteiger partial charge in [0, 0.05) is 19.2 Å². The topological polar surface area (TPSA) is 128 Å². The van der Waals surface area contributed by atoms with Gasteiger partial charge in [-0.05, 0) is 38.0 Å². The molecule has 2 N–H and O–H groups in total. The molecular weight excluding hydrogens is 398 g/mol. The molecule has 2 aromatic rings. The number of carbonyl (C=O) groups is 1. The van der Waals surface area contributed by atoms with E-state index in [4.69, 9.17) is 4.74 Å². The molecule has 2 aromatic carbocycles. The molecule has 0 unspecified atom stereocenters. The van der Waals surface area contributed by atoms with E-state index in [1.54, 1.807) is 45.0 Å². The molecule has 0 bridgehead atoms. The van der Waals surface area contributed by atoms with E-state index < -0.39 is 32.3 Å². The Kier molecular flexibility index (Phi) is 6.93. The molecule has 9 nitrogen and oxygen atoms in total. The fraction of sp³-hybridized carbons (Fsp3) is 0.316. The molecule has 0 saturated carbocycles. The van der Waals surface area contributed by atoms with Crippen molar-refractivity contribution < 1.29 is 22.9 Å². The number of nitrogens with one attached hydrogen (secondary N) is 2. The lowest BCUT2D eigenvalue weighted by Crippen LogP contribution is -2.32. The third kappa shape index (κ3) is 6.84. The lowest BCUT2D eigenvalue weighted by atomic mass is 10.1. The number of sulfonamides is 1. The van der Waals surface area contributed by atoms with Crippen molar-refractivity contribution in [3.63, 3.8) is 0 Å². The van der Waals surface area contributed by atoms with E-state index in [1.165, 1.54) is 18.2 Å². The zero-order valence-corrected chi connectivity index (χ0v) is 17.2. The summed E-state index contributed by atoms with van der Waals surface area (Å²) in [7, 11) is -4.05. The SMILES string of the molecule is CC(C)(C)OC(=O)NCc1ccc(CNS(=O)(=O)c2ccccc2[N+](=O)[O-])cc1. The Morgan fingerprint density at radius 2 is 1.59 bits per heavy atom. The average Bonchev–Trinajstić information content (AvgIpc) is 2.64. The maximum atomic E-state index is 12.4. The van der Waals surface area contributed by atoms with Crippen LogP contribution in [0.4, 0.5) is 10.5 Å². The van der Waals surface area contributed by atoms with Gasteiger partial charge in [-0.25, -0.2) is 17.9 Å². The number of para-hydroxylation sites is 1. The van der Waals surface area contributed by atoms with Crippen molar-refractivity contribution in [1.82, 2.24) is 10.0 Å². The Balaban J connectivity index is 1.97. The van der Waals surface area contributed by atoms with Crippen LogP contribution < -0.4 is 10.0 Å². The molecule has 0 heterocycles. The summed E-state index contributed by atoms with van der Waals surface area (Å²) in [6.45, 7) is 5.54. The number of benzene rings is 2. The number of carbonyl (C=O) groups excluding carboxylic acids is 1. The van der Waals surface area contributed by atoms with E-state index in [0.29, 0.717) is 5.56 Å². The van der Waals surface area contributed by atoms with Crippen molar-refractivity contribution >= 4 is 21.8 Å². The first kappa shape index (κ1) is 22.3. The Morgan fingerprint density at radius 1 is 1.03 bits per heavy atom. The van der Waals surface area contributed by atoms with Gasteiger partial charge in [0.25, 0.3) is 5.69 Å². The van der Waals surface area contributed by atoms with E-state index in [-0.39, 0.29) is 18.0 Å². The van der Waals surface area contributed by atoms with Crippen molar-refractivity contribution in [2.75, 3.05) is 0 Å². The third-order valence-electron chi connectivity index (χ3n) is 3.68. The van der Waals surface area contributed by atoms with E-state index in [1.807, 2.05) is 0 Å². The van der Waals surface area contributed by atoms with Gasteiger partial charge >= 0.3 is 6.09 Å². The van der Waals surface area contributed by atoms with Crippen LogP contribution >= 0.6 is 0 Å². The fourth-order valence-electron chi connectivity index (χ4n) is 2.35. The predicted molar refractivity (Wildman–Crippen MR) is 107 cm³/mol. The predicted octanol–water partition coefficient (Wildman–Crippen LogP) is 3.10. The average molecular weight is 421 g/mol. The molecule has 0 atom stereocenters. The molecule has 2 rings (SSSR count). The highest BCUT2D eigenvalue weighted by molar-refractivity contribution is 7.89. The number of ether oxygens (including phenoxy) is 1. The summed E-state index contributed by atoms with van der Waals surface area (Å²) < 4.78 is 32.3. The van der Waals surface area contributed by atoms with Gasteiger partial charge in [-0.15, -0.1) is 0 Å². The summed E-state index contributed by atoms with van der Waals surface area (Å²) in [5.41, 5.74) is 0.400. The van der Waals surface area contributed by atoms with Crippen LogP contribution in [0.15, 0.2) is 53.4 Å². The Bertz CT molecular complexity index is 982. The number of nitrogens with zero attached hydrogens (tertiary/aromatic N) is 1. The van der Waals surface area contributed by atoms with Crippen molar-refractivity contribution in [2.24, 2.45) is 0 Å². The Labute approximate surface area is 169 Å². The van der Waals surface area contributed by atoms with Crippen LogP contribution in [0.3, 0.4) is 0 Å². The van der Waals surface area contributed by atoms with Gasteiger partial charge in [0.2, 0.25) is 10.0 Å². The largest absolute Gasteiger partial charge is 0.444 e. The van der Waals surface area contributed by atoms with Gasteiger partial charge in [-0.2, -0.15) is 0 Å². The van der Waals surface area contributed by atoms with Crippen molar-refractivity contribution in [3.8, 4) is 0 Å². The first-order chi connectivity index (χ1) is 13.5. The van der Waals surface area contributed by atoms with Gasteiger partial charge in [-0.3, -0.25) is 10.1 Å². The van der Waals surface area contributed by atoms with Gasteiger partial charge in [0.05, 0.1) is 4.92 Å². The van der Waals surface area contributed by atoms with Crippen LogP contribution in [0.5, 0.6) is 0 Å². The summed E-state index contributed by atoms with van der Waals surface area (Å²) in [4.78, 5) is 21.6. The molecule has 156 valence electrons. The fourth-order valence-corrected chi connectivity index (χ4v) is 3.54. The second-order valence-corrected chi connectivity index (χ2v) is 8.96. The molecule has 0 aliphatic heterocycles. The van der Waals surface area contributed by atoms with E-state index in [0.717, 1.165) is 11.6 Å². The van der Waals surface area contributed by atoms with E-state index in [9.17, 15) is 23.3 Å². The molecule has 0 saturated heterocycles. The second kappa shape index (κ2) is 9.01. The summed E-state index contributed by atoms with van der Waals surface area (Å²) in [6, 6.07) is 12.0. The van der Waals surface area contributed by atoms with Gasteiger partial charge in [0.1, 0.15) is 5.60 Å². The maximum absolute atomic E-state index is 12.4. The second-order valence-electron chi connectivity index (χ2n) is 7.22. The highest BCUT2D eigenvalue weighted by atomic mass is 32.2. The monoisotopic (exact) mass is 421 g/mol. The van der Waals surface area contributed by atoms with Crippen molar-refractivity contribution in [1.29, 1.82) is 0 Å². The molecule has 1 amide bonds. The minimum Gasteiger partial charge on any atom is -0.444 e. The van der Waals surface area contributed by atoms with Crippen LogP contribution in [0.1, 0.15) is 31.9 Å². The molecule has 0 spiro atoms. The molecule has 29 heavy (non-hydrogen) atoms. The summed E-state index contributed by atoms with van der Waals surface area (Å²) in [6.07, 6.45) is -0.529. The zero-order chi connectivity index (χ0) is 21.7. The third-order valence-corrected chi connectivity index (χ3v) is 5.13. The first-order valence-electron chi connectivity index (χ1n) is 8.76. The minimum absolute atomic E-state index is 0.0336. The zero-order valence-electron chi connectivity index (χ0n) is 16.3. The van der Waals surface area contributed by atoms with Gasteiger partial charge in [0.15, 0.2) is 4.90 Å². The van der Waals surface area contributed by atoms with Gasteiger partial charge in [-0.1, -0.05) is 36.4 Å². The normalized spacial score (nSPS) is 11.7. The standard InChI is InChI=1S/C19H23N3O6S/c1-19(2,3)28-18(23)20-12-14-8-10-15(11-9-14)13-21-29(26,27)17-7-5-4-6-16(17)22(24)25/h4-11,21H,12-13H2,1-3H3,(H,20,23). The summed E-state index contributed by atoms with van der Waals surface area (Å²) in [5, 5.41) is 13.7. The smallest absolute Gasteiger partial charge is 0.407 e. The lowest BCUT2D eigenvalue weighted by Gasteiger charge is -2.19. The van der Waals surface area contributed by atoms with E-state index in [2.05, 4.69) is 10.0 Å². The Hall–Kier alpha value is -2.98. The van der Waals surface area contributed by atoms with Crippen LogP contribution in [0.2, 0.25) is 0 Å². The quantitative estimate of drug-likeness (QED) is 0.522. The summed E-state index contributed by atoms with van der Waals surface area (Å²) >= 11 is 0. The molecule has 0 aliphatic rings. The minimum atomic E-state index is -4.05. The number of alkyl carbamates (subject to hydrolysis) is 1. The molecule has 10 heteroatoms. The molecular formula is C19H23N3O6S. The van der Waals surface area contributed by atoms with Crippen molar-refractivity contribution in [3.05, 3.63) is 69.8 Å². The molecule has 0 aliphatic carbocycles. The molecule has 0 aromatic heterocycles. The number of nitro benzene ring substituents is 1.